The lowest BCUT2D eigenvalue weighted by molar-refractivity contribution is 0.110. The van der Waals surface area contributed by atoms with E-state index in [0.29, 0.717) is 38.9 Å². The summed E-state index contributed by atoms with van der Waals surface area (Å²) in [5.74, 6) is 1.52. The molecule has 0 unspecified atom stereocenters. The maximum absolute atomic E-state index is 8.91. The van der Waals surface area contributed by atoms with Crippen molar-refractivity contribution in [3.63, 3.8) is 0 Å². The first kappa shape index (κ1) is 22.9. The van der Waals surface area contributed by atoms with E-state index >= 15 is 0 Å². The monoisotopic (exact) mass is 451 g/mol. The summed E-state index contributed by atoms with van der Waals surface area (Å²) in [4.78, 5) is 4.53. The number of aliphatic imine (C=N–C) groups is 1. The van der Waals surface area contributed by atoms with Crippen LogP contribution in [0.3, 0.4) is 0 Å². The van der Waals surface area contributed by atoms with Crippen molar-refractivity contribution in [2.24, 2.45) is 4.99 Å². The fraction of sp³-hybridized carbons (Fsp3) is 0.588. The number of aryl methyl sites for hydroxylation is 1. The van der Waals surface area contributed by atoms with Gasteiger partial charge in [-0.15, -0.1) is 24.0 Å². The van der Waals surface area contributed by atoms with E-state index in [4.69, 9.17) is 14.6 Å². The lowest BCUT2D eigenvalue weighted by atomic mass is 10.1. The summed E-state index contributed by atoms with van der Waals surface area (Å²) in [5.41, 5.74) is 2.17. The van der Waals surface area contributed by atoms with Gasteiger partial charge in [0.15, 0.2) is 5.96 Å². The van der Waals surface area contributed by atoms with Crippen LogP contribution >= 0.6 is 24.0 Å². The van der Waals surface area contributed by atoms with Crippen LogP contribution in [-0.2, 0) is 11.3 Å². The van der Waals surface area contributed by atoms with E-state index in [1.165, 1.54) is 0 Å². The highest BCUT2D eigenvalue weighted by Gasteiger charge is 2.05. The van der Waals surface area contributed by atoms with Crippen LogP contribution in [0.15, 0.2) is 23.2 Å². The molecule has 1 rings (SSSR count). The molecule has 0 saturated heterocycles. The summed E-state index contributed by atoms with van der Waals surface area (Å²) in [6.07, 6.45) is 0. The molecule has 0 amide bonds. The zero-order valence-electron chi connectivity index (χ0n) is 14.8. The van der Waals surface area contributed by atoms with Crippen LogP contribution < -0.4 is 15.4 Å². The van der Waals surface area contributed by atoms with Gasteiger partial charge in [0, 0.05) is 25.3 Å². The number of hydrogen-bond donors (Lipinski definition) is 3. The molecular formula is C17H30IN3O3. The summed E-state index contributed by atoms with van der Waals surface area (Å²) in [5, 5.41) is 15.1. The van der Waals surface area contributed by atoms with Crippen LogP contribution in [0.5, 0.6) is 5.75 Å². The first-order chi connectivity index (χ1) is 11.2. The maximum Gasteiger partial charge on any atom is 0.191 e. The maximum atomic E-state index is 8.91. The van der Waals surface area contributed by atoms with E-state index in [0.717, 1.165) is 23.4 Å². The number of rotatable bonds is 10. The molecule has 0 aromatic heterocycles. The lowest BCUT2D eigenvalue weighted by Crippen LogP contribution is -2.38. The molecule has 138 valence electrons. The van der Waals surface area contributed by atoms with E-state index in [-0.39, 0.29) is 30.6 Å². The average molecular weight is 451 g/mol. The quantitative estimate of drug-likeness (QED) is 0.220. The van der Waals surface area contributed by atoms with Crippen LogP contribution in [0, 0.1) is 6.92 Å². The summed E-state index contributed by atoms with van der Waals surface area (Å²) in [6, 6.07) is 6.10. The predicted octanol–water partition coefficient (Wildman–Crippen LogP) is 2.08. The van der Waals surface area contributed by atoms with Gasteiger partial charge in [0.1, 0.15) is 12.4 Å². The standard InChI is InChI=1S/C17H29N3O3.HI/c1-4-18-17(19-8-9-21)20-13-15-7-6-14(3)12-16(15)23-11-10-22-5-2;/h6-7,12,21H,4-5,8-11,13H2,1-3H3,(H2,18,19,20);1H. The SMILES string of the molecule is CCNC(=NCc1ccc(C)cc1OCCOCC)NCCO.I. The molecule has 6 nitrogen and oxygen atoms in total. The van der Waals surface area contributed by atoms with E-state index < -0.39 is 0 Å². The van der Waals surface area contributed by atoms with Gasteiger partial charge in [-0.05, 0) is 32.4 Å². The minimum atomic E-state index is 0. The Balaban J connectivity index is 0.00000529. The van der Waals surface area contributed by atoms with Crippen LogP contribution in [-0.4, -0.2) is 50.6 Å². The Kier molecular flexibility index (Phi) is 13.7. The highest BCUT2D eigenvalue weighted by molar-refractivity contribution is 14.0. The number of nitrogens with zero attached hydrogens (tertiary/aromatic N) is 1. The number of aliphatic hydroxyl groups is 1. The van der Waals surface area contributed by atoms with Crippen LogP contribution in [0.2, 0.25) is 0 Å². The third-order valence-corrected chi connectivity index (χ3v) is 3.07. The summed E-state index contributed by atoms with van der Waals surface area (Å²) in [7, 11) is 0. The highest BCUT2D eigenvalue weighted by atomic mass is 127. The summed E-state index contributed by atoms with van der Waals surface area (Å²) < 4.78 is 11.1. The molecule has 1 aromatic rings. The van der Waals surface area contributed by atoms with E-state index in [1.807, 2.05) is 39.0 Å². The largest absolute Gasteiger partial charge is 0.491 e. The zero-order chi connectivity index (χ0) is 16.9. The number of nitrogens with one attached hydrogen (secondary N) is 2. The van der Waals surface area contributed by atoms with Crippen LogP contribution in [0.4, 0.5) is 0 Å². The lowest BCUT2D eigenvalue weighted by Gasteiger charge is -2.13. The van der Waals surface area contributed by atoms with Crippen molar-refractivity contribution in [3.05, 3.63) is 29.3 Å². The molecular weight excluding hydrogens is 421 g/mol. The molecule has 0 fully saturated rings. The normalized spacial score (nSPS) is 10.9. The van der Waals surface area contributed by atoms with Gasteiger partial charge in [0.05, 0.1) is 19.8 Å². The van der Waals surface area contributed by atoms with Crippen molar-refractivity contribution in [2.45, 2.75) is 27.3 Å². The molecule has 0 aliphatic carbocycles. The number of aliphatic hydroxyl groups excluding tert-OH is 1. The number of hydrogen-bond acceptors (Lipinski definition) is 4. The van der Waals surface area contributed by atoms with E-state index in [9.17, 15) is 0 Å². The van der Waals surface area contributed by atoms with Gasteiger partial charge in [0.2, 0.25) is 0 Å². The fourth-order valence-corrected chi connectivity index (χ4v) is 1.96. The molecule has 0 aliphatic heterocycles. The zero-order valence-corrected chi connectivity index (χ0v) is 17.1. The summed E-state index contributed by atoms with van der Waals surface area (Å²) in [6.45, 7) is 9.61. The number of ether oxygens (including phenoxy) is 2. The topological polar surface area (TPSA) is 75.1 Å². The molecule has 24 heavy (non-hydrogen) atoms. The fourth-order valence-electron chi connectivity index (χ4n) is 1.96. The Morgan fingerprint density at radius 3 is 2.67 bits per heavy atom. The van der Waals surface area contributed by atoms with Crippen LogP contribution in [0.1, 0.15) is 25.0 Å². The second kappa shape index (κ2) is 14.3. The van der Waals surface area contributed by atoms with Gasteiger partial charge in [-0.1, -0.05) is 12.1 Å². The third-order valence-electron chi connectivity index (χ3n) is 3.07. The second-order valence-corrected chi connectivity index (χ2v) is 5.00. The highest BCUT2D eigenvalue weighted by Crippen LogP contribution is 2.21. The average Bonchev–Trinajstić information content (AvgIpc) is 2.55. The van der Waals surface area contributed by atoms with E-state index in [1.54, 1.807) is 0 Å². The van der Waals surface area contributed by atoms with Crippen molar-refractivity contribution >= 4 is 29.9 Å². The third kappa shape index (κ3) is 9.29. The Labute approximate surface area is 162 Å². The van der Waals surface area contributed by atoms with Crippen molar-refractivity contribution in [1.82, 2.24) is 10.6 Å². The van der Waals surface area contributed by atoms with Crippen molar-refractivity contribution in [2.75, 3.05) is 39.5 Å². The van der Waals surface area contributed by atoms with Gasteiger partial charge in [-0.3, -0.25) is 0 Å². The molecule has 0 radical (unpaired) electrons. The molecule has 7 heteroatoms. The molecule has 0 spiro atoms. The molecule has 1 aromatic carbocycles. The molecule has 0 aliphatic rings. The Morgan fingerprint density at radius 2 is 2.00 bits per heavy atom. The second-order valence-electron chi connectivity index (χ2n) is 5.00. The Bertz CT molecular complexity index is 484. The van der Waals surface area contributed by atoms with Gasteiger partial charge in [0.25, 0.3) is 0 Å². The van der Waals surface area contributed by atoms with Crippen molar-refractivity contribution < 1.29 is 14.6 Å². The van der Waals surface area contributed by atoms with Crippen molar-refractivity contribution in [3.8, 4) is 5.75 Å². The Hall–Kier alpha value is -1.06. The summed E-state index contributed by atoms with van der Waals surface area (Å²) >= 11 is 0. The minimum Gasteiger partial charge on any atom is -0.491 e. The minimum absolute atomic E-state index is 0. The number of guanidine groups is 1. The molecule has 0 atom stereocenters. The molecule has 0 bridgehead atoms. The predicted molar refractivity (Wildman–Crippen MR) is 108 cm³/mol. The van der Waals surface area contributed by atoms with E-state index in [2.05, 4.69) is 15.6 Å². The van der Waals surface area contributed by atoms with Gasteiger partial charge >= 0.3 is 0 Å². The molecule has 0 heterocycles. The van der Waals surface area contributed by atoms with Crippen molar-refractivity contribution in [1.29, 1.82) is 0 Å². The Morgan fingerprint density at radius 1 is 1.21 bits per heavy atom. The first-order valence-electron chi connectivity index (χ1n) is 8.14. The van der Waals surface area contributed by atoms with Gasteiger partial charge < -0.3 is 25.2 Å². The van der Waals surface area contributed by atoms with Gasteiger partial charge in [-0.2, -0.15) is 0 Å². The smallest absolute Gasteiger partial charge is 0.191 e. The number of halogens is 1. The first-order valence-corrected chi connectivity index (χ1v) is 8.14. The molecule has 3 N–H and O–H groups in total. The van der Waals surface area contributed by atoms with Gasteiger partial charge in [-0.25, -0.2) is 4.99 Å². The van der Waals surface area contributed by atoms with Crippen LogP contribution in [0.25, 0.3) is 0 Å². The molecule has 0 saturated carbocycles. The number of benzene rings is 1.